The molecule has 1 fully saturated rings. The monoisotopic (exact) mass is 213 g/mol. The van der Waals surface area contributed by atoms with Crippen LogP contribution in [0.5, 0.6) is 0 Å². The summed E-state index contributed by atoms with van der Waals surface area (Å²) in [6.45, 7) is 0.923. The van der Waals surface area contributed by atoms with E-state index in [0.29, 0.717) is 0 Å². The van der Waals surface area contributed by atoms with Gasteiger partial charge in [-0.05, 0) is 36.6 Å². The van der Waals surface area contributed by atoms with Gasteiger partial charge in [0, 0.05) is 42.4 Å². The smallest absolute Gasteiger partial charge is 0.0469 e. The van der Waals surface area contributed by atoms with Crippen molar-refractivity contribution in [2.45, 2.75) is 25.4 Å². The molecule has 0 amide bonds. The first-order valence-electron chi connectivity index (χ1n) is 5.73. The minimum Gasteiger partial charge on any atom is -0.361 e. The molecule has 2 heterocycles. The Morgan fingerprint density at radius 1 is 1.38 bits per heavy atom. The van der Waals surface area contributed by atoms with Crippen molar-refractivity contribution in [3.8, 4) is 11.3 Å². The van der Waals surface area contributed by atoms with Crippen LogP contribution in [-0.2, 0) is 6.54 Å². The first-order valence-corrected chi connectivity index (χ1v) is 5.73. The lowest BCUT2D eigenvalue weighted by molar-refractivity contribution is 0.686. The molecule has 2 N–H and O–H groups in total. The van der Waals surface area contributed by atoms with Crippen LogP contribution < -0.4 is 5.32 Å². The summed E-state index contributed by atoms with van der Waals surface area (Å²) in [5, 5.41) is 3.50. The molecule has 2 aromatic heterocycles. The highest BCUT2D eigenvalue weighted by Gasteiger charge is 2.19. The van der Waals surface area contributed by atoms with Crippen molar-refractivity contribution in [3.05, 3.63) is 42.4 Å². The molecule has 82 valence electrons. The standard InChI is InChI=1S/C13H15N3/c1-2-13(15-5-1)11-6-10(7-14-9-11)8-16-12-3-4-12/h1-2,5-7,9,12,15-16H,3-4,8H2. The Bertz CT molecular complexity index is 458. The van der Waals surface area contributed by atoms with E-state index >= 15 is 0 Å². The molecule has 0 spiro atoms. The van der Waals surface area contributed by atoms with Crippen LogP contribution in [0.4, 0.5) is 0 Å². The number of nitrogens with zero attached hydrogens (tertiary/aromatic N) is 1. The Hall–Kier alpha value is -1.61. The van der Waals surface area contributed by atoms with Crippen LogP contribution in [0.2, 0.25) is 0 Å². The van der Waals surface area contributed by atoms with Gasteiger partial charge in [0.05, 0.1) is 0 Å². The van der Waals surface area contributed by atoms with Crippen LogP contribution in [0.1, 0.15) is 18.4 Å². The number of rotatable bonds is 4. The van der Waals surface area contributed by atoms with Crippen LogP contribution in [0.25, 0.3) is 11.3 Å². The van der Waals surface area contributed by atoms with Crippen LogP contribution in [0, 0.1) is 0 Å². The van der Waals surface area contributed by atoms with Gasteiger partial charge in [-0.2, -0.15) is 0 Å². The normalized spacial score (nSPS) is 15.2. The predicted octanol–water partition coefficient (Wildman–Crippen LogP) is 2.33. The first kappa shape index (κ1) is 9.60. The number of aromatic nitrogens is 2. The highest BCUT2D eigenvalue weighted by Crippen LogP contribution is 2.20. The number of pyridine rings is 1. The molecular weight excluding hydrogens is 198 g/mol. The lowest BCUT2D eigenvalue weighted by atomic mass is 10.1. The Kier molecular flexibility index (Phi) is 2.46. The second-order valence-electron chi connectivity index (χ2n) is 4.32. The Morgan fingerprint density at radius 3 is 3.06 bits per heavy atom. The summed E-state index contributed by atoms with van der Waals surface area (Å²) in [6.07, 6.45) is 8.41. The molecule has 1 aliphatic rings. The molecule has 0 bridgehead atoms. The van der Waals surface area contributed by atoms with Gasteiger partial charge in [-0.25, -0.2) is 0 Å². The van der Waals surface area contributed by atoms with Gasteiger partial charge in [-0.15, -0.1) is 0 Å². The number of hydrogen-bond acceptors (Lipinski definition) is 2. The fourth-order valence-corrected chi connectivity index (χ4v) is 1.79. The van der Waals surface area contributed by atoms with Gasteiger partial charge in [-0.1, -0.05) is 0 Å². The molecular formula is C13H15N3. The third-order valence-corrected chi connectivity index (χ3v) is 2.88. The van der Waals surface area contributed by atoms with Gasteiger partial charge in [0.1, 0.15) is 0 Å². The summed E-state index contributed by atoms with van der Waals surface area (Å²) in [5.74, 6) is 0. The van der Waals surface area contributed by atoms with E-state index in [4.69, 9.17) is 0 Å². The van der Waals surface area contributed by atoms with E-state index in [0.717, 1.165) is 23.8 Å². The molecule has 2 aromatic rings. The number of H-pyrrole nitrogens is 1. The maximum absolute atomic E-state index is 4.28. The molecule has 0 atom stereocenters. The topological polar surface area (TPSA) is 40.7 Å². The summed E-state index contributed by atoms with van der Waals surface area (Å²) < 4.78 is 0. The maximum Gasteiger partial charge on any atom is 0.0469 e. The second-order valence-corrected chi connectivity index (χ2v) is 4.32. The van der Waals surface area contributed by atoms with E-state index < -0.39 is 0 Å². The Labute approximate surface area is 94.9 Å². The van der Waals surface area contributed by atoms with Crippen molar-refractivity contribution >= 4 is 0 Å². The van der Waals surface area contributed by atoms with Crippen molar-refractivity contribution < 1.29 is 0 Å². The number of hydrogen-bond donors (Lipinski definition) is 2. The average molecular weight is 213 g/mol. The van der Waals surface area contributed by atoms with E-state index in [1.807, 2.05) is 24.7 Å². The molecule has 0 unspecified atom stereocenters. The first-order chi connectivity index (χ1) is 7.92. The highest BCUT2D eigenvalue weighted by atomic mass is 14.9. The average Bonchev–Trinajstić information content (AvgIpc) is 2.99. The zero-order valence-electron chi connectivity index (χ0n) is 9.11. The molecule has 0 saturated heterocycles. The summed E-state index contributed by atoms with van der Waals surface area (Å²) in [7, 11) is 0. The van der Waals surface area contributed by atoms with Gasteiger partial charge in [-0.3, -0.25) is 4.98 Å². The zero-order valence-corrected chi connectivity index (χ0v) is 9.11. The van der Waals surface area contributed by atoms with E-state index in [-0.39, 0.29) is 0 Å². The van der Waals surface area contributed by atoms with E-state index in [9.17, 15) is 0 Å². The summed E-state index contributed by atoms with van der Waals surface area (Å²) in [4.78, 5) is 7.48. The third-order valence-electron chi connectivity index (χ3n) is 2.88. The fraction of sp³-hybridized carbons (Fsp3) is 0.308. The second kappa shape index (κ2) is 4.10. The van der Waals surface area contributed by atoms with Crippen molar-refractivity contribution in [2.24, 2.45) is 0 Å². The van der Waals surface area contributed by atoms with Crippen molar-refractivity contribution in [1.82, 2.24) is 15.3 Å². The number of nitrogens with one attached hydrogen (secondary N) is 2. The molecule has 3 rings (SSSR count). The van der Waals surface area contributed by atoms with Gasteiger partial charge in [0.25, 0.3) is 0 Å². The molecule has 1 saturated carbocycles. The highest BCUT2D eigenvalue weighted by molar-refractivity contribution is 5.58. The largest absolute Gasteiger partial charge is 0.361 e. The molecule has 0 aliphatic heterocycles. The Balaban J connectivity index is 1.76. The van der Waals surface area contributed by atoms with Crippen molar-refractivity contribution in [1.29, 1.82) is 0 Å². The fourth-order valence-electron chi connectivity index (χ4n) is 1.79. The summed E-state index contributed by atoms with van der Waals surface area (Å²) in [5.41, 5.74) is 3.53. The van der Waals surface area contributed by atoms with Gasteiger partial charge < -0.3 is 10.3 Å². The summed E-state index contributed by atoms with van der Waals surface area (Å²) >= 11 is 0. The molecule has 1 aliphatic carbocycles. The number of aromatic amines is 1. The zero-order chi connectivity index (χ0) is 10.8. The van der Waals surface area contributed by atoms with E-state index in [1.54, 1.807) is 0 Å². The lowest BCUT2D eigenvalue weighted by Crippen LogP contribution is -2.15. The van der Waals surface area contributed by atoms with E-state index in [1.165, 1.54) is 18.4 Å². The van der Waals surface area contributed by atoms with Crippen molar-refractivity contribution in [3.63, 3.8) is 0 Å². The van der Waals surface area contributed by atoms with Crippen LogP contribution in [0.15, 0.2) is 36.8 Å². The lowest BCUT2D eigenvalue weighted by Gasteiger charge is -2.04. The predicted molar refractivity (Wildman–Crippen MR) is 63.9 cm³/mol. The quantitative estimate of drug-likeness (QED) is 0.818. The molecule has 3 nitrogen and oxygen atoms in total. The Morgan fingerprint density at radius 2 is 2.31 bits per heavy atom. The molecule has 3 heteroatoms. The molecule has 16 heavy (non-hydrogen) atoms. The maximum atomic E-state index is 4.28. The van der Waals surface area contributed by atoms with Gasteiger partial charge in [0.2, 0.25) is 0 Å². The van der Waals surface area contributed by atoms with Crippen LogP contribution in [0.3, 0.4) is 0 Å². The van der Waals surface area contributed by atoms with Crippen molar-refractivity contribution in [2.75, 3.05) is 0 Å². The van der Waals surface area contributed by atoms with Crippen LogP contribution >= 0.6 is 0 Å². The summed E-state index contributed by atoms with van der Waals surface area (Å²) in [6, 6.07) is 7.00. The third kappa shape index (κ3) is 2.14. The van der Waals surface area contributed by atoms with Gasteiger partial charge >= 0.3 is 0 Å². The molecule has 0 aromatic carbocycles. The minimum absolute atomic E-state index is 0.745. The minimum atomic E-state index is 0.745. The van der Waals surface area contributed by atoms with Gasteiger partial charge in [0.15, 0.2) is 0 Å². The SMILES string of the molecule is c1c[nH]c(-c2cncc(CNC3CC3)c2)c1. The van der Waals surface area contributed by atoms with Crippen LogP contribution in [-0.4, -0.2) is 16.0 Å². The molecule has 0 radical (unpaired) electrons. The van der Waals surface area contributed by atoms with E-state index in [2.05, 4.69) is 27.4 Å².